The van der Waals surface area contributed by atoms with E-state index in [1.807, 2.05) is 6.07 Å². The quantitative estimate of drug-likeness (QED) is 0.767. The van der Waals surface area contributed by atoms with E-state index in [1.165, 1.54) is 37.4 Å². The summed E-state index contributed by atoms with van der Waals surface area (Å²) in [5, 5.41) is 0. The first kappa shape index (κ1) is 12.9. The van der Waals surface area contributed by atoms with Crippen LogP contribution in [0.3, 0.4) is 0 Å². The SMILES string of the molecule is C[C@H]1CCCN1C1CC=C(c2cccc(F)c2)CC1. The zero-order chi connectivity index (χ0) is 13.2. The van der Waals surface area contributed by atoms with Gasteiger partial charge >= 0.3 is 0 Å². The molecule has 0 amide bonds. The van der Waals surface area contributed by atoms with Gasteiger partial charge < -0.3 is 0 Å². The molecule has 0 saturated carbocycles. The van der Waals surface area contributed by atoms with Gasteiger partial charge in [-0.1, -0.05) is 18.2 Å². The Bertz CT molecular complexity index is 480. The molecule has 1 aromatic rings. The van der Waals surface area contributed by atoms with Crippen LogP contribution in [0.25, 0.3) is 5.57 Å². The van der Waals surface area contributed by atoms with Crippen LogP contribution in [-0.2, 0) is 0 Å². The normalized spacial score (nSPS) is 28.4. The maximum atomic E-state index is 13.3. The van der Waals surface area contributed by atoms with Crippen LogP contribution in [0.1, 0.15) is 44.6 Å². The Labute approximate surface area is 115 Å². The van der Waals surface area contributed by atoms with E-state index in [0.717, 1.165) is 24.4 Å². The number of allylic oxidation sites excluding steroid dienone is 1. The number of likely N-dealkylation sites (tertiary alicyclic amines) is 1. The molecule has 3 rings (SSSR count). The van der Waals surface area contributed by atoms with Gasteiger partial charge in [-0.05, 0) is 68.8 Å². The molecule has 102 valence electrons. The third-order valence-corrected chi connectivity index (χ3v) is 4.65. The Hall–Kier alpha value is -1.15. The van der Waals surface area contributed by atoms with Crippen LogP contribution < -0.4 is 0 Å². The van der Waals surface area contributed by atoms with Gasteiger partial charge in [-0.2, -0.15) is 0 Å². The van der Waals surface area contributed by atoms with Gasteiger partial charge in [-0.3, -0.25) is 4.90 Å². The molecule has 2 heteroatoms. The molecule has 0 spiro atoms. The second-order valence-corrected chi connectivity index (χ2v) is 5.90. The molecule has 0 bridgehead atoms. The molecule has 1 aromatic carbocycles. The summed E-state index contributed by atoms with van der Waals surface area (Å²) in [6.07, 6.45) is 8.43. The minimum Gasteiger partial charge on any atom is -0.297 e. The van der Waals surface area contributed by atoms with Gasteiger partial charge in [0.05, 0.1) is 0 Å². The molecule has 1 aliphatic heterocycles. The Balaban J connectivity index is 1.70. The zero-order valence-corrected chi connectivity index (χ0v) is 11.6. The monoisotopic (exact) mass is 259 g/mol. The van der Waals surface area contributed by atoms with E-state index in [-0.39, 0.29) is 5.82 Å². The minimum atomic E-state index is -0.131. The number of nitrogens with zero attached hydrogens (tertiary/aromatic N) is 1. The van der Waals surface area contributed by atoms with Crippen molar-refractivity contribution in [3.63, 3.8) is 0 Å². The molecule has 1 saturated heterocycles. The van der Waals surface area contributed by atoms with Crippen LogP contribution in [0.15, 0.2) is 30.3 Å². The molecule has 1 nitrogen and oxygen atoms in total. The van der Waals surface area contributed by atoms with Crippen molar-refractivity contribution in [1.82, 2.24) is 4.90 Å². The largest absolute Gasteiger partial charge is 0.297 e. The van der Waals surface area contributed by atoms with Crippen molar-refractivity contribution in [1.29, 1.82) is 0 Å². The molecule has 0 N–H and O–H groups in total. The van der Waals surface area contributed by atoms with E-state index in [9.17, 15) is 4.39 Å². The summed E-state index contributed by atoms with van der Waals surface area (Å²) >= 11 is 0. The number of halogens is 1. The second kappa shape index (κ2) is 5.46. The Morgan fingerprint density at radius 3 is 2.79 bits per heavy atom. The average molecular weight is 259 g/mol. The predicted octanol–water partition coefficient (Wildman–Crippen LogP) is 4.25. The van der Waals surface area contributed by atoms with Crippen molar-refractivity contribution < 1.29 is 4.39 Å². The van der Waals surface area contributed by atoms with Crippen LogP contribution in [0, 0.1) is 5.82 Å². The van der Waals surface area contributed by atoms with Gasteiger partial charge in [0.2, 0.25) is 0 Å². The average Bonchev–Trinajstić information content (AvgIpc) is 2.85. The van der Waals surface area contributed by atoms with E-state index in [4.69, 9.17) is 0 Å². The maximum absolute atomic E-state index is 13.3. The summed E-state index contributed by atoms with van der Waals surface area (Å²) in [5.74, 6) is -0.131. The van der Waals surface area contributed by atoms with Gasteiger partial charge in [0.1, 0.15) is 5.82 Å². The minimum absolute atomic E-state index is 0.131. The molecule has 1 aliphatic carbocycles. The van der Waals surface area contributed by atoms with Gasteiger partial charge in [0, 0.05) is 12.1 Å². The van der Waals surface area contributed by atoms with E-state index in [1.54, 1.807) is 12.1 Å². The second-order valence-electron chi connectivity index (χ2n) is 5.90. The molecular weight excluding hydrogens is 237 g/mol. The molecule has 2 atom stereocenters. The van der Waals surface area contributed by atoms with Crippen LogP contribution in [0.4, 0.5) is 4.39 Å². The van der Waals surface area contributed by atoms with E-state index >= 15 is 0 Å². The fourth-order valence-electron chi connectivity index (χ4n) is 3.57. The standard InChI is InChI=1S/C17H22FN/c1-13-4-3-11-19(13)17-9-7-14(8-10-17)15-5-2-6-16(18)12-15/h2,5-7,12-13,17H,3-4,8-11H2,1H3/t13-,17?/m0/s1. The van der Waals surface area contributed by atoms with Gasteiger partial charge in [-0.15, -0.1) is 0 Å². The fourth-order valence-corrected chi connectivity index (χ4v) is 3.57. The first-order valence-electron chi connectivity index (χ1n) is 7.45. The Morgan fingerprint density at radius 2 is 2.16 bits per heavy atom. The number of hydrogen-bond donors (Lipinski definition) is 0. The first-order valence-corrected chi connectivity index (χ1v) is 7.45. The molecule has 1 unspecified atom stereocenters. The molecule has 19 heavy (non-hydrogen) atoms. The lowest BCUT2D eigenvalue weighted by molar-refractivity contribution is 0.179. The van der Waals surface area contributed by atoms with E-state index in [0.29, 0.717) is 6.04 Å². The van der Waals surface area contributed by atoms with Crippen molar-refractivity contribution in [2.75, 3.05) is 6.54 Å². The summed E-state index contributed by atoms with van der Waals surface area (Å²) in [7, 11) is 0. The molecule has 1 fully saturated rings. The number of benzene rings is 1. The van der Waals surface area contributed by atoms with Crippen molar-refractivity contribution in [2.45, 2.75) is 51.1 Å². The number of hydrogen-bond acceptors (Lipinski definition) is 1. The third kappa shape index (κ3) is 2.74. The van der Waals surface area contributed by atoms with Crippen molar-refractivity contribution in [3.8, 4) is 0 Å². The molecular formula is C17H22FN. The van der Waals surface area contributed by atoms with Gasteiger partial charge in [0.15, 0.2) is 0 Å². The van der Waals surface area contributed by atoms with Crippen molar-refractivity contribution in [2.24, 2.45) is 0 Å². The van der Waals surface area contributed by atoms with Crippen LogP contribution >= 0.6 is 0 Å². The Morgan fingerprint density at radius 1 is 1.26 bits per heavy atom. The fraction of sp³-hybridized carbons (Fsp3) is 0.529. The summed E-state index contributed by atoms with van der Waals surface area (Å²) in [6.45, 7) is 3.60. The highest BCUT2D eigenvalue weighted by atomic mass is 19.1. The molecule has 0 aromatic heterocycles. The van der Waals surface area contributed by atoms with Crippen LogP contribution in [0.2, 0.25) is 0 Å². The predicted molar refractivity (Wildman–Crippen MR) is 77.4 cm³/mol. The third-order valence-electron chi connectivity index (χ3n) is 4.65. The highest BCUT2D eigenvalue weighted by Crippen LogP contribution is 2.32. The van der Waals surface area contributed by atoms with Crippen LogP contribution in [0.5, 0.6) is 0 Å². The van der Waals surface area contributed by atoms with Gasteiger partial charge in [-0.25, -0.2) is 4.39 Å². The highest BCUT2D eigenvalue weighted by Gasteiger charge is 2.28. The molecule has 2 aliphatic rings. The Kier molecular flexibility index (Phi) is 3.69. The lowest BCUT2D eigenvalue weighted by Crippen LogP contribution is -2.38. The lowest BCUT2D eigenvalue weighted by atomic mass is 9.89. The first-order chi connectivity index (χ1) is 9.24. The summed E-state index contributed by atoms with van der Waals surface area (Å²) < 4.78 is 13.3. The zero-order valence-electron chi connectivity index (χ0n) is 11.6. The molecule has 1 heterocycles. The lowest BCUT2D eigenvalue weighted by Gasteiger charge is -2.33. The summed E-state index contributed by atoms with van der Waals surface area (Å²) in [4.78, 5) is 2.67. The summed E-state index contributed by atoms with van der Waals surface area (Å²) in [6, 6.07) is 8.45. The van der Waals surface area contributed by atoms with Crippen molar-refractivity contribution >= 4 is 5.57 Å². The highest BCUT2D eigenvalue weighted by molar-refractivity contribution is 5.66. The van der Waals surface area contributed by atoms with E-state index < -0.39 is 0 Å². The van der Waals surface area contributed by atoms with E-state index in [2.05, 4.69) is 17.9 Å². The van der Waals surface area contributed by atoms with Gasteiger partial charge in [0.25, 0.3) is 0 Å². The topological polar surface area (TPSA) is 3.24 Å². The number of rotatable bonds is 2. The summed E-state index contributed by atoms with van der Waals surface area (Å²) in [5.41, 5.74) is 2.38. The smallest absolute Gasteiger partial charge is 0.123 e. The molecule has 0 radical (unpaired) electrons. The van der Waals surface area contributed by atoms with Crippen molar-refractivity contribution in [3.05, 3.63) is 41.7 Å². The maximum Gasteiger partial charge on any atom is 0.123 e. The van der Waals surface area contributed by atoms with Crippen LogP contribution in [-0.4, -0.2) is 23.5 Å².